The lowest BCUT2D eigenvalue weighted by Gasteiger charge is -2.32. The molecule has 1 aliphatic rings. The largest absolute Gasteiger partial charge is 0.329 e. The van der Waals surface area contributed by atoms with Gasteiger partial charge in [0.05, 0.1) is 23.8 Å². The van der Waals surface area contributed by atoms with Gasteiger partial charge < -0.3 is 9.47 Å². The summed E-state index contributed by atoms with van der Waals surface area (Å²) in [5.41, 5.74) is 1.72. The predicted octanol–water partition coefficient (Wildman–Crippen LogP) is 2.37. The summed E-state index contributed by atoms with van der Waals surface area (Å²) in [5.74, 6) is 0.264. The monoisotopic (exact) mass is 445 g/mol. The second-order valence-electron chi connectivity index (χ2n) is 7.96. The van der Waals surface area contributed by atoms with Crippen LogP contribution in [0.3, 0.4) is 0 Å². The SMILES string of the molecule is CC1CN(C(=O)c2cc(Cc3ccc(=O)[nH]n3)ccc2F)Cc2nnc(-c3ccccn3)n21. The molecule has 1 N–H and O–H groups in total. The van der Waals surface area contributed by atoms with Crippen LogP contribution in [0.4, 0.5) is 4.39 Å². The molecule has 0 saturated carbocycles. The van der Waals surface area contributed by atoms with Crippen LogP contribution in [0.2, 0.25) is 0 Å². The minimum Gasteiger partial charge on any atom is -0.329 e. The van der Waals surface area contributed by atoms with Crippen LogP contribution in [0.5, 0.6) is 0 Å². The van der Waals surface area contributed by atoms with Crippen LogP contribution in [0, 0.1) is 5.82 Å². The first-order valence-electron chi connectivity index (χ1n) is 10.5. The van der Waals surface area contributed by atoms with Crippen molar-refractivity contribution in [3.8, 4) is 11.5 Å². The Hall–Kier alpha value is -4.21. The number of amides is 1. The highest BCUT2D eigenvalue weighted by Crippen LogP contribution is 2.28. The van der Waals surface area contributed by atoms with E-state index in [1.807, 2.05) is 29.7 Å². The Labute approximate surface area is 187 Å². The Bertz CT molecular complexity index is 1360. The third kappa shape index (κ3) is 4.02. The quantitative estimate of drug-likeness (QED) is 0.517. The molecular formula is C23H20FN7O2. The number of carbonyl (C=O) groups is 1. The number of nitrogens with one attached hydrogen (secondary N) is 1. The van der Waals surface area contributed by atoms with Crippen molar-refractivity contribution in [2.75, 3.05) is 6.54 Å². The summed E-state index contributed by atoms with van der Waals surface area (Å²) in [7, 11) is 0. The van der Waals surface area contributed by atoms with Crippen molar-refractivity contribution in [1.82, 2.24) is 34.8 Å². The fraction of sp³-hybridized carbons (Fsp3) is 0.217. The molecule has 10 heteroatoms. The molecule has 3 aromatic heterocycles. The molecule has 4 aromatic rings. The normalized spacial score (nSPS) is 15.3. The molecule has 0 radical (unpaired) electrons. The molecule has 4 heterocycles. The van der Waals surface area contributed by atoms with Crippen LogP contribution in [-0.2, 0) is 13.0 Å². The first-order valence-corrected chi connectivity index (χ1v) is 10.5. The van der Waals surface area contributed by atoms with Crippen molar-refractivity contribution in [3.05, 3.63) is 93.5 Å². The second-order valence-corrected chi connectivity index (χ2v) is 7.96. The molecule has 9 nitrogen and oxygen atoms in total. The zero-order chi connectivity index (χ0) is 22.9. The summed E-state index contributed by atoms with van der Waals surface area (Å²) in [6.07, 6.45) is 2.05. The van der Waals surface area contributed by atoms with E-state index < -0.39 is 11.7 Å². The molecule has 1 aliphatic heterocycles. The summed E-state index contributed by atoms with van der Waals surface area (Å²) < 4.78 is 16.6. The van der Waals surface area contributed by atoms with Crippen LogP contribution in [-0.4, -0.2) is 47.3 Å². The Morgan fingerprint density at radius 1 is 1.18 bits per heavy atom. The number of H-pyrrole nitrogens is 1. The van der Waals surface area contributed by atoms with Crippen LogP contribution in [0.1, 0.15) is 40.4 Å². The number of aromatic amines is 1. The highest BCUT2D eigenvalue weighted by molar-refractivity contribution is 5.94. The van der Waals surface area contributed by atoms with E-state index in [2.05, 4.69) is 25.4 Å². The summed E-state index contributed by atoms with van der Waals surface area (Å²) in [6, 6.07) is 12.9. The van der Waals surface area contributed by atoms with Gasteiger partial charge in [0.15, 0.2) is 11.6 Å². The van der Waals surface area contributed by atoms with Crippen molar-refractivity contribution in [2.24, 2.45) is 0 Å². The molecule has 0 aliphatic carbocycles. The molecule has 5 rings (SSSR count). The van der Waals surface area contributed by atoms with Crippen LogP contribution in [0.15, 0.2) is 59.5 Å². The van der Waals surface area contributed by atoms with Crippen molar-refractivity contribution in [3.63, 3.8) is 0 Å². The van der Waals surface area contributed by atoms with E-state index in [-0.39, 0.29) is 23.7 Å². The third-order valence-corrected chi connectivity index (χ3v) is 5.59. The smallest absolute Gasteiger partial charge is 0.264 e. The van der Waals surface area contributed by atoms with Gasteiger partial charge in [0.25, 0.3) is 11.5 Å². The van der Waals surface area contributed by atoms with Gasteiger partial charge >= 0.3 is 0 Å². The maximum Gasteiger partial charge on any atom is 0.264 e. The van der Waals surface area contributed by atoms with E-state index in [0.29, 0.717) is 41.6 Å². The van der Waals surface area contributed by atoms with E-state index in [4.69, 9.17) is 0 Å². The van der Waals surface area contributed by atoms with Gasteiger partial charge in [-0.2, -0.15) is 5.10 Å². The maximum absolute atomic E-state index is 14.6. The molecule has 1 atom stereocenters. The number of hydrogen-bond donors (Lipinski definition) is 1. The summed E-state index contributed by atoms with van der Waals surface area (Å²) in [6.45, 7) is 2.57. The summed E-state index contributed by atoms with van der Waals surface area (Å²) in [5, 5.41) is 14.9. The van der Waals surface area contributed by atoms with Gasteiger partial charge in [0, 0.05) is 25.2 Å². The first-order chi connectivity index (χ1) is 16.0. The fourth-order valence-corrected chi connectivity index (χ4v) is 4.05. The molecular weight excluding hydrogens is 425 g/mol. The average molecular weight is 445 g/mol. The molecule has 0 fully saturated rings. The summed E-state index contributed by atoms with van der Waals surface area (Å²) >= 11 is 0. The highest BCUT2D eigenvalue weighted by Gasteiger charge is 2.31. The number of fused-ring (bicyclic) bond motifs is 1. The van der Waals surface area contributed by atoms with E-state index in [0.717, 1.165) is 0 Å². The van der Waals surface area contributed by atoms with E-state index >= 15 is 0 Å². The van der Waals surface area contributed by atoms with Gasteiger partial charge in [-0.05, 0) is 42.8 Å². The third-order valence-electron chi connectivity index (χ3n) is 5.59. The first kappa shape index (κ1) is 20.7. The molecule has 0 spiro atoms. The number of nitrogens with zero attached hydrogens (tertiary/aromatic N) is 6. The molecule has 33 heavy (non-hydrogen) atoms. The lowest BCUT2D eigenvalue weighted by atomic mass is 10.0. The molecule has 1 amide bonds. The molecule has 1 aromatic carbocycles. The lowest BCUT2D eigenvalue weighted by Crippen LogP contribution is -2.41. The number of aromatic nitrogens is 6. The van der Waals surface area contributed by atoms with Gasteiger partial charge in [-0.3, -0.25) is 14.6 Å². The number of benzene rings is 1. The highest BCUT2D eigenvalue weighted by atomic mass is 19.1. The molecule has 0 bridgehead atoms. The Balaban J connectivity index is 1.40. The molecule has 166 valence electrons. The topological polar surface area (TPSA) is 110 Å². The van der Waals surface area contributed by atoms with Gasteiger partial charge in [0.1, 0.15) is 11.5 Å². The van der Waals surface area contributed by atoms with E-state index in [1.54, 1.807) is 23.2 Å². The Kier molecular flexibility index (Phi) is 5.25. The number of pyridine rings is 1. The van der Waals surface area contributed by atoms with Crippen molar-refractivity contribution in [1.29, 1.82) is 0 Å². The van der Waals surface area contributed by atoms with Gasteiger partial charge in [-0.15, -0.1) is 10.2 Å². The van der Waals surface area contributed by atoms with Crippen molar-refractivity contribution >= 4 is 5.91 Å². The van der Waals surface area contributed by atoms with Gasteiger partial charge in [-0.25, -0.2) is 9.49 Å². The van der Waals surface area contributed by atoms with Crippen LogP contribution >= 0.6 is 0 Å². The van der Waals surface area contributed by atoms with Crippen molar-refractivity contribution < 1.29 is 9.18 Å². The number of carbonyl (C=O) groups excluding carboxylic acids is 1. The van der Waals surface area contributed by atoms with E-state index in [9.17, 15) is 14.0 Å². The number of halogens is 1. The minimum atomic E-state index is -0.591. The zero-order valence-corrected chi connectivity index (χ0v) is 17.8. The maximum atomic E-state index is 14.6. The van der Waals surface area contributed by atoms with Gasteiger partial charge in [0.2, 0.25) is 0 Å². The lowest BCUT2D eigenvalue weighted by molar-refractivity contribution is 0.0677. The fourth-order valence-electron chi connectivity index (χ4n) is 4.05. The Morgan fingerprint density at radius 3 is 2.82 bits per heavy atom. The predicted molar refractivity (Wildman–Crippen MR) is 117 cm³/mol. The zero-order valence-electron chi connectivity index (χ0n) is 17.8. The second kappa shape index (κ2) is 8.38. The number of hydrogen-bond acceptors (Lipinski definition) is 6. The van der Waals surface area contributed by atoms with E-state index in [1.165, 1.54) is 18.2 Å². The van der Waals surface area contributed by atoms with Gasteiger partial charge in [-0.1, -0.05) is 12.1 Å². The average Bonchev–Trinajstić information content (AvgIpc) is 3.27. The van der Waals surface area contributed by atoms with Crippen LogP contribution < -0.4 is 5.56 Å². The van der Waals surface area contributed by atoms with Crippen LogP contribution in [0.25, 0.3) is 11.5 Å². The standard InChI is InChI=1S/C23H20FN7O2/c1-14-12-30(13-20-27-29-22(31(14)20)19-4-2-3-9-25-19)23(33)17-11-15(5-7-18(17)24)10-16-6-8-21(32)28-26-16/h2-9,11,14H,10,12-13H2,1H3,(H,28,32). The summed E-state index contributed by atoms with van der Waals surface area (Å²) in [4.78, 5) is 30.4. The Morgan fingerprint density at radius 2 is 2.06 bits per heavy atom. The molecule has 0 saturated heterocycles. The van der Waals surface area contributed by atoms with Crippen molar-refractivity contribution in [2.45, 2.75) is 25.9 Å². The minimum absolute atomic E-state index is 0.0120. The molecule has 1 unspecified atom stereocenters. The number of rotatable bonds is 4.